The van der Waals surface area contributed by atoms with Crippen molar-refractivity contribution in [2.24, 2.45) is 0 Å². The molecule has 0 aromatic carbocycles. The Balaban J connectivity index is 3.36. The summed E-state index contributed by atoms with van der Waals surface area (Å²) in [6.07, 6.45) is 15.2. The topological polar surface area (TPSA) is 26.3 Å². The zero-order valence-electron chi connectivity index (χ0n) is 11.8. The number of hydrogen-bond acceptors (Lipinski definition) is 2. The van der Waals surface area contributed by atoms with E-state index < -0.39 is 0 Å². The Labute approximate surface area is 111 Å². The van der Waals surface area contributed by atoms with Gasteiger partial charge in [0.25, 0.3) is 0 Å². The zero-order valence-corrected chi connectivity index (χ0v) is 11.8. The maximum absolute atomic E-state index is 11.1. The van der Waals surface area contributed by atoms with Gasteiger partial charge in [0.2, 0.25) is 0 Å². The molecule has 102 valence electrons. The number of rotatable bonds is 10. The maximum atomic E-state index is 11.1. The van der Waals surface area contributed by atoms with Crippen molar-refractivity contribution in [3.63, 3.8) is 0 Å². The van der Waals surface area contributed by atoms with E-state index in [2.05, 4.69) is 6.58 Å². The van der Waals surface area contributed by atoms with E-state index in [0.717, 1.165) is 24.8 Å². The molecule has 0 aliphatic heterocycles. The molecule has 0 heterocycles. The van der Waals surface area contributed by atoms with E-state index in [1.807, 2.05) is 26.0 Å². The van der Waals surface area contributed by atoms with Crippen LogP contribution in [0.25, 0.3) is 0 Å². The molecule has 0 amide bonds. The largest absolute Gasteiger partial charge is 0.432 e. The third-order valence-corrected chi connectivity index (χ3v) is 2.47. The molecule has 0 rings (SSSR count). The number of unbranched alkanes of at least 4 members (excludes halogenated alkanes) is 6. The van der Waals surface area contributed by atoms with Crippen LogP contribution in [0, 0.1) is 0 Å². The average Bonchev–Trinajstić information content (AvgIpc) is 2.30. The molecule has 18 heavy (non-hydrogen) atoms. The molecule has 2 heteroatoms. The Bertz CT molecular complexity index is 283. The second kappa shape index (κ2) is 12.2. The standard InChI is InChI=1S/C16H26O2/c1-4-5-6-7-8-9-10-11-12-13-18-16(17)14-15(2)3/h4,12-14H,1,5-11H2,2-3H3/b13-12+. The fourth-order valence-corrected chi connectivity index (χ4v) is 1.53. The van der Waals surface area contributed by atoms with Crippen LogP contribution < -0.4 is 0 Å². The normalized spacial score (nSPS) is 10.3. The van der Waals surface area contributed by atoms with Gasteiger partial charge in [0.1, 0.15) is 0 Å². The molecule has 0 bridgehead atoms. The second-order valence-corrected chi connectivity index (χ2v) is 4.66. The molecule has 0 aromatic heterocycles. The third kappa shape index (κ3) is 12.8. The molecular weight excluding hydrogens is 224 g/mol. The minimum absolute atomic E-state index is 0.296. The van der Waals surface area contributed by atoms with Crippen LogP contribution >= 0.6 is 0 Å². The first kappa shape index (κ1) is 16.7. The van der Waals surface area contributed by atoms with Crippen molar-refractivity contribution >= 4 is 5.97 Å². The quantitative estimate of drug-likeness (QED) is 0.181. The van der Waals surface area contributed by atoms with Crippen LogP contribution in [0.1, 0.15) is 58.8 Å². The third-order valence-electron chi connectivity index (χ3n) is 2.47. The molecule has 2 nitrogen and oxygen atoms in total. The molecular formula is C16H26O2. The van der Waals surface area contributed by atoms with E-state index in [4.69, 9.17) is 4.74 Å². The van der Waals surface area contributed by atoms with Gasteiger partial charge in [-0.1, -0.05) is 30.9 Å². The van der Waals surface area contributed by atoms with E-state index in [1.54, 1.807) is 0 Å². The Kier molecular flexibility index (Phi) is 11.3. The first-order valence-corrected chi connectivity index (χ1v) is 6.78. The highest BCUT2D eigenvalue weighted by Crippen LogP contribution is 2.07. The molecule has 0 saturated carbocycles. The lowest BCUT2D eigenvalue weighted by Crippen LogP contribution is -1.94. The van der Waals surface area contributed by atoms with Gasteiger partial charge in [-0.3, -0.25) is 0 Å². The van der Waals surface area contributed by atoms with Gasteiger partial charge in [0.05, 0.1) is 6.26 Å². The summed E-state index contributed by atoms with van der Waals surface area (Å²) in [6, 6.07) is 0. The summed E-state index contributed by atoms with van der Waals surface area (Å²) in [5, 5.41) is 0. The van der Waals surface area contributed by atoms with E-state index >= 15 is 0 Å². The van der Waals surface area contributed by atoms with Gasteiger partial charge in [0.15, 0.2) is 0 Å². The molecule has 0 saturated heterocycles. The molecule has 0 unspecified atom stereocenters. The minimum Gasteiger partial charge on any atom is -0.432 e. The highest BCUT2D eigenvalue weighted by atomic mass is 16.5. The Morgan fingerprint density at radius 1 is 1.06 bits per heavy atom. The maximum Gasteiger partial charge on any atom is 0.335 e. The van der Waals surface area contributed by atoms with E-state index in [1.165, 1.54) is 38.0 Å². The van der Waals surface area contributed by atoms with Crippen LogP contribution in [-0.4, -0.2) is 5.97 Å². The van der Waals surface area contributed by atoms with Crippen LogP contribution in [0.4, 0.5) is 0 Å². The summed E-state index contributed by atoms with van der Waals surface area (Å²) in [4.78, 5) is 11.1. The fourth-order valence-electron chi connectivity index (χ4n) is 1.53. The molecule has 0 atom stereocenters. The lowest BCUT2D eigenvalue weighted by molar-refractivity contribution is -0.132. The minimum atomic E-state index is -0.296. The number of ether oxygens (including phenoxy) is 1. The summed E-state index contributed by atoms with van der Waals surface area (Å²) in [7, 11) is 0. The SMILES string of the molecule is C=CCCCCCCC/C=C/OC(=O)C=C(C)C. The van der Waals surface area contributed by atoms with Crippen LogP contribution in [0.5, 0.6) is 0 Å². The summed E-state index contributed by atoms with van der Waals surface area (Å²) < 4.78 is 4.91. The van der Waals surface area contributed by atoms with Gasteiger partial charge in [-0.15, -0.1) is 6.58 Å². The molecule has 0 fully saturated rings. The molecule has 0 N–H and O–H groups in total. The van der Waals surface area contributed by atoms with Crippen molar-refractivity contribution in [2.45, 2.75) is 58.8 Å². The van der Waals surface area contributed by atoms with Crippen LogP contribution in [0.2, 0.25) is 0 Å². The number of hydrogen-bond donors (Lipinski definition) is 0. The highest BCUT2D eigenvalue weighted by molar-refractivity contribution is 5.83. The smallest absolute Gasteiger partial charge is 0.335 e. The number of carbonyl (C=O) groups excluding carboxylic acids is 1. The highest BCUT2D eigenvalue weighted by Gasteiger charge is 1.93. The predicted molar refractivity (Wildman–Crippen MR) is 77.2 cm³/mol. The van der Waals surface area contributed by atoms with Gasteiger partial charge >= 0.3 is 5.97 Å². The Morgan fingerprint density at radius 3 is 2.28 bits per heavy atom. The first-order chi connectivity index (χ1) is 8.66. The van der Waals surface area contributed by atoms with Gasteiger partial charge < -0.3 is 4.74 Å². The van der Waals surface area contributed by atoms with E-state index in [0.29, 0.717) is 0 Å². The summed E-state index contributed by atoms with van der Waals surface area (Å²) in [6.45, 7) is 7.45. The van der Waals surface area contributed by atoms with Crippen molar-refractivity contribution in [1.82, 2.24) is 0 Å². The summed E-state index contributed by atoms with van der Waals surface area (Å²) in [5.41, 5.74) is 0.952. The summed E-state index contributed by atoms with van der Waals surface area (Å²) in [5.74, 6) is -0.296. The molecule has 0 aliphatic carbocycles. The Morgan fingerprint density at radius 2 is 1.67 bits per heavy atom. The summed E-state index contributed by atoms with van der Waals surface area (Å²) >= 11 is 0. The van der Waals surface area contributed by atoms with E-state index in [9.17, 15) is 4.79 Å². The average molecular weight is 250 g/mol. The second-order valence-electron chi connectivity index (χ2n) is 4.66. The molecule has 0 aromatic rings. The van der Waals surface area contributed by atoms with Crippen molar-refractivity contribution in [3.8, 4) is 0 Å². The van der Waals surface area contributed by atoms with Crippen LogP contribution in [0.15, 0.2) is 36.6 Å². The molecule has 0 aliphatic rings. The van der Waals surface area contributed by atoms with Crippen molar-refractivity contribution in [3.05, 3.63) is 36.6 Å². The van der Waals surface area contributed by atoms with Crippen molar-refractivity contribution in [1.29, 1.82) is 0 Å². The number of allylic oxidation sites excluding steroid dienone is 3. The van der Waals surface area contributed by atoms with Gasteiger partial charge in [-0.2, -0.15) is 0 Å². The lowest BCUT2D eigenvalue weighted by Gasteiger charge is -1.98. The predicted octanol–water partition coefficient (Wildman–Crippen LogP) is 4.93. The van der Waals surface area contributed by atoms with Gasteiger partial charge in [0, 0.05) is 6.08 Å². The van der Waals surface area contributed by atoms with Crippen LogP contribution in [-0.2, 0) is 9.53 Å². The zero-order chi connectivity index (χ0) is 13.6. The van der Waals surface area contributed by atoms with Gasteiger partial charge in [-0.05, 0) is 45.6 Å². The Hall–Kier alpha value is -1.31. The van der Waals surface area contributed by atoms with Crippen molar-refractivity contribution < 1.29 is 9.53 Å². The van der Waals surface area contributed by atoms with Crippen molar-refractivity contribution in [2.75, 3.05) is 0 Å². The molecule has 0 radical (unpaired) electrons. The molecule has 0 spiro atoms. The van der Waals surface area contributed by atoms with E-state index in [-0.39, 0.29) is 5.97 Å². The lowest BCUT2D eigenvalue weighted by atomic mass is 10.1. The first-order valence-electron chi connectivity index (χ1n) is 6.78. The fraction of sp³-hybridized carbons (Fsp3) is 0.562. The van der Waals surface area contributed by atoms with Crippen LogP contribution in [0.3, 0.4) is 0 Å². The van der Waals surface area contributed by atoms with Gasteiger partial charge in [-0.25, -0.2) is 4.79 Å². The number of carbonyl (C=O) groups is 1. The number of esters is 1. The monoisotopic (exact) mass is 250 g/mol.